The highest BCUT2D eigenvalue weighted by molar-refractivity contribution is 6.51. The maximum atomic E-state index is 13.2. The SMILES string of the molecule is Cc1cccc(N2C(=O)C(=O)/C(=C(/O)c3cc(C)ccc3C)C2c2cccc(O)c2)c1. The molecule has 0 spiro atoms. The summed E-state index contributed by atoms with van der Waals surface area (Å²) < 4.78 is 0. The van der Waals surface area contributed by atoms with Crippen molar-refractivity contribution < 1.29 is 19.8 Å². The molecular formula is C26H23NO4. The van der Waals surface area contributed by atoms with Crippen LogP contribution in [0.15, 0.2) is 72.3 Å². The van der Waals surface area contributed by atoms with Gasteiger partial charge in [0, 0.05) is 11.3 Å². The molecule has 156 valence electrons. The summed E-state index contributed by atoms with van der Waals surface area (Å²) in [7, 11) is 0. The second kappa shape index (κ2) is 7.76. The van der Waals surface area contributed by atoms with Gasteiger partial charge in [-0.25, -0.2) is 0 Å². The number of Topliss-reactive ketones (excluding diaryl/α,β-unsaturated/α-hetero) is 1. The third-order valence-electron chi connectivity index (χ3n) is 5.56. The molecule has 0 radical (unpaired) electrons. The van der Waals surface area contributed by atoms with Crippen LogP contribution in [0.4, 0.5) is 5.69 Å². The summed E-state index contributed by atoms with van der Waals surface area (Å²) in [6.45, 7) is 5.64. The number of nitrogens with zero attached hydrogens (tertiary/aromatic N) is 1. The molecule has 1 aliphatic rings. The Bertz CT molecular complexity index is 1240. The molecule has 1 unspecified atom stereocenters. The predicted octanol–water partition coefficient (Wildman–Crippen LogP) is 4.94. The van der Waals surface area contributed by atoms with E-state index in [4.69, 9.17) is 0 Å². The van der Waals surface area contributed by atoms with Gasteiger partial charge in [-0.1, -0.05) is 42.0 Å². The van der Waals surface area contributed by atoms with Crippen molar-refractivity contribution in [3.05, 3.63) is 100 Å². The number of aliphatic hydroxyl groups excluding tert-OH is 1. The van der Waals surface area contributed by atoms with Gasteiger partial charge in [0.1, 0.15) is 11.5 Å². The number of amides is 1. The molecule has 1 aliphatic heterocycles. The number of aromatic hydroxyl groups is 1. The summed E-state index contributed by atoms with van der Waals surface area (Å²) >= 11 is 0. The van der Waals surface area contributed by atoms with Crippen LogP contribution in [0.25, 0.3) is 5.76 Å². The van der Waals surface area contributed by atoms with Crippen LogP contribution in [-0.4, -0.2) is 21.9 Å². The minimum Gasteiger partial charge on any atom is -0.508 e. The number of phenols is 1. The molecule has 31 heavy (non-hydrogen) atoms. The Hall–Kier alpha value is -3.86. The molecule has 1 saturated heterocycles. The van der Waals surface area contributed by atoms with Gasteiger partial charge in [-0.2, -0.15) is 0 Å². The van der Waals surface area contributed by atoms with Gasteiger partial charge in [0.15, 0.2) is 0 Å². The maximum absolute atomic E-state index is 13.2. The number of aliphatic hydroxyl groups is 1. The van der Waals surface area contributed by atoms with Crippen LogP contribution >= 0.6 is 0 Å². The van der Waals surface area contributed by atoms with E-state index in [1.54, 1.807) is 24.3 Å². The van der Waals surface area contributed by atoms with E-state index >= 15 is 0 Å². The molecule has 3 aromatic carbocycles. The van der Waals surface area contributed by atoms with E-state index < -0.39 is 17.7 Å². The Labute approximate surface area is 180 Å². The molecule has 5 heteroatoms. The Morgan fingerprint density at radius 2 is 1.58 bits per heavy atom. The van der Waals surface area contributed by atoms with Gasteiger partial charge in [0.05, 0.1) is 11.6 Å². The molecular weight excluding hydrogens is 390 g/mol. The Morgan fingerprint density at radius 3 is 2.29 bits per heavy atom. The van der Waals surface area contributed by atoms with Gasteiger partial charge in [-0.05, 0) is 67.8 Å². The van der Waals surface area contributed by atoms with Gasteiger partial charge in [-0.15, -0.1) is 0 Å². The monoisotopic (exact) mass is 413 g/mol. The highest BCUT2D eigenvalue weighted by atomic mass is 16.3. The lowest BCUT2D eigenvalue weighted by atomic mass is 9.93. The lowest BCUT2D eigenvalue weighted by Crippen LogP contribution is -2.29. The highest BCUT2D eigenvalue weighted by Gasteiger charge is 2.47. The summed E-state index contributed by atoms with van der Waals surface area (Å²) in [6, 6.07) is 18.4. The van der Waals surface area contributed by atoms with E-state index in [-0.39, 0.29) is 17.1 Å². The van der Waals surface area contributed by atoms with Crippen LogP contribution in [0.1, 0.15) is 33.9 Å². The van der Waals surface area contributed by atoms with Crippen LogP contribution in [0.2, 0.25) is 0 Å². The fourth-order valence-electron chi connectivity index (χ4n) is 4.02. The average Bonchev–Trinajstić information content (AvgIpc) is 3.00. The van der Waals surface area contributed by atoms with Gasteiger partial charge >= 0.3 is 0 Å². The van der Waals surface area contributed by atoms with Crippen molar-refractivity contribution in [3.8, 4) is 5.75 Å². The minimum absolute atomic E-state index is 0.00538. The number of benzene rings is 3. The van der Waals surface area contributed by atoms with Crippen molar-refractivity contribution in [1.82, 2.24) is 0 Å². The smallest absolute Gasteiger partial charge is 0.300 e. The van der Waals surface area contributed by atoms with E-state index in [0.717, 1.165) is 16.7 Å². The number of phenolic OH excluding ortho intramolecular Hbond substituents is 1. The number of anilines is 1. The Morgan fingerprint density at radius 1 is 0.871 bits per heavy atom. The second-order valence-electron chi connectivity index (χ2n) is 7.92. The molecule has 2 N–H and O–H groups in total. The van der Waals surface area contributed by atoms with Gasteiger partial charge in [-0.3, -0.25) is 14.5 Å². The van der Waals surface area contributed by atoms with Gasteiger partial charge < -0.3 is 10.2 Å². The largest absolute Gasteiger partial charge is 0.508 e. The molecule has 1 amide bonds. The van der Waals surface area contributed by atoms with Crippen molar-refractivity contribution >= 4 is 23.1 Å². The van der Waals surface area contributed by atoms with Crippen LogP contribution in [0, 0.1) is 20.8 Å². The maximum Gasteiger partial charge on any atom is 0.300 e. The normalized spacial score (nSPS) is 17.9. The summed E-state index contributed by atoms with van der Waals surface area (Å²) in [5.41, 5.74) is 4.25. The molecule has 1 fully saturated rings. The third-order valence-corrected chi connectivity index (χ3v) is 5.56. The van der Waals surface area contributed by atoms with Gasteiger partial charge in [0.25, 0.3) is 11.7 Å². The number of carbonyl (C=O) groups is 2. The fraction of sp³-hybridized carbons (Fsp3) is 0.154. The number of carbonyl (C=O) groups excluding carboxylic acids is 2. The topological polar surface area (TPSA) is 77.8 Å². The Balaban J connectivity index is 2.00. The molecule has 4 rings (SSSR count). The van der Waals surface area contributed by atoms with Crippen LogP contribution in [-0.2, 0) is 9.59 Å². The zero-order chi connectivity index (χ0) is 22.3. The van der Waals surface area contributed by atoms with Crippen molar-refractivity contribution in [1.29, 1.82) is 0 Å². The molecule has 0 aliphatic carbocycles. The van der Waals surface area contributed by atoms with E-state index in [1.165, 1.54) is 17.0 Å². The van der Waals surface area contributed by atoms with E-state index in [2.05, 4.69) is 0 Å². The first-order valence-electron chi connectivity index (χ1n) is 10.0. The van der Waals surface area contributed by atoms with Crippen molar-refractivity contribution in [2.75, 3.05) is 4.90 Å². The summed E-state index contributed by atoms with van der Waals surface area (Å²) in [5, 5.41) is 21.3. The zero-order valence-corrected chi connectivity index (χ0v) is 17.6. The first-order valence-corrected chi connectivity index (χ1v) is 10.0. The predicted molar refractivity (Wildman–Crippen MR) is 120 cm³/mol. The lowest BCUT2D eigenvalue weighted by Gasteiger charge is -2.26. The number of aryl methyl sites for hydroxylation is 3. The highest BCUT2D eigenvalue weighted by Crippen LogP contribution is 2.43. The van der Waals surface area contributed by atoms with E-state index in [9.17, 15) is 19.8 Å². The van der Waals surface area contributed by atoms with Crippen molar-refractivity contribution in [2.24, 2.45) is 0 Å². The number of hydrogen-bond acceptors (Lipinski definition) is 4. The number of ketones is 1. The molecule has 1 heterocycles. The van der Waals surface area contributed by atoms with E-state index in [0.29, 0.717) is 16.8 Å². The second-order valence-corrected chi connectivity index (χ2v) is 7.92. The van der Waals surface area contributed by atoms with Gasteiger partial charge in [0.2, 0.25) is 0 Å². The minimum atomic E-state index is -0.867. The molecule has 3 aromatic rings. The van der Waals surface area contributed by atoms with Crippen LogP contribution < -0.4 is 4.90 Å². The standard InChI is InChI=1S/C26H23NO4/c1-15-6-4-8-19(12-15)27-23(18-7-5-9-20(28)14-18)22(25(30)26(27)31)24(29)21-13-16(2)10-11-17(21)3/h4-14,23,28-29H,1-3H3/b24-22+. The zero-order valence-electron chi connectivity index (χ0n) is 17.6. The molecule has 0 saturated carbocycles. The summed E-state index contributed by atoms with van der Waals surface area (Å²) in [6.07, 6.45) is 0. The lowest BCUT2D eigenvalue weighted by molar-refractivity contribution is -0.132. The molecule has 0 bridgehead atoms. The number of rotatable bonds is 3. The third kappa shape index (κ3) is 3.59. The molecule has 5 nitrogen and oxygen atoms in total. The van der Waals surface area contributed by atoms with Crippen molar-refractivity contribution in [2.45, 2.75) is 26.8 Å². The summed E-state index contributed by atoms with van der Waals surface area (Å²) in [4.78, 5) is 27.7. The van der Waals surface area contributed by atoms with E-state index in [1.807, 2.05) is 51.1 Å². The number of hydrogen-bond donors (Lipinski definition) is 2. The van der Waals surface area contributed by atoms with Crippen molar-refractivity contribution in [3.63, 3.8) is 0 Å². The fourth-order valence-corrected chi connectivity index (χ4v) is 4.02. The average molecular weight is 413 g/mol. The van der Waals surface area contributed by atoms with Crippen LogP contribution in [0.3, 0.4) is 0 Å². The Kier molecular flexibility index (Phi) is 5.11. The first kappa shape index (κ1) is 20.4. The molecule has 1 atom stereocenters. The quantitative estimate of drug-likeness (QED) is 0.362. The van der Waals surface area contributed by atoms with Crippen LogP contribution in [0.5, 0.6) is 5.75 Å². The summed E-state index contributed by atoms with van der Waals surface area (Å²) in [5.74, 6) is -1.68. The molecule has 0 aromatic heterocycles. The first-order chi connectivity index (χ1) is 14.8.